The summed E-state index contributed by atoms with van der Waals surface area (Å²) in [6.07, 6.45) is 4.16. The maximum absolute atomic E-state index is 4.31. The quantitative estimate of drug-likeness (QED) is 0.880. The van der Waals surface area contributed by atoms with Gasteiger partial charge in [-0.2, -0.15) is 0 Å². The number of nitrogens with zero attached hydrogens (tertiary/aromatic N) is 4. The lowest BCUT2D eigenvalue weighted by Gasteiger charge is -2.34. The van der Waals surface area contributed by atoms with Gasteiger partial charge in [-0.1, -0.05) is 23.8 Å². The number of rotatable bonds is 4. The van der Waals surface area contributed by atoms with Crippen molar-refractivity contribution >= 4 is 0 Å². The average molecular weight is 355 g/mol. The Labute approximate surface area is 156 Å². The summed E-state index contributed by atoms with van der Waals surface area (Å²) < 4.78 is 2.07. The zero-order valence-electron chi connectivity index (χ0n) is 16.1. The fraction of sp³-hybridized carbons (Fsp3) is 0.600. The second kappa shape index (κ2) is 7.47. The van der Waals surface area contributed by atoms with Crippen LogP contribution >= 0.6 is 0 Å². The topological polar surface area (TPSA) is 58.0 Å². The third kappa shape index (κ3) is 3.54. The van der Waals surface area contributed by atoms with Crippen molar-refractivity contribution < 1.29 is 0 Å². The van der Waals surface area contributed by atoms with Crippen LogP contribution in [0.15, 0.2) is 24.5 Å². The van der Waals surface area contributed by atoms with Gasteiger partial charge in [0.25, 0.3) is 0 Å². The molecule has 2 aliphatic rings. The van der Waals surface area contributed by atoms with Gasteiger partial charge >= 0.3 is 0 Å². The molecule has 26 heavy (non-hydrogen) atoms. The molecule has 2 saturated heterocycles. The molecule has 0 bridgehead atoms. The van der Waals surface area contributed by atoms with Gasteiger partial charge < -0.3 is 9.47 Å². The number of aryl methyl sites for hydroxylation is 3. The van der Waals surface area contributed by atoms with Crippen molar-refractivity contribution in [1.29, 1.82) is 0 Å². The van der Waals surface area contributed by atoms with Gasteiger partial charge in [-0.25, -0.2) is 5.43 Å². The molecule has 6 nitrogen and oxygen atoms in total. The van der Waals surface area contributed by atoms with E-state index in [2.05, 4.69) is 62.6 Å². The molecule has 140 valence electrons. The summed E-state index contributed by atoms with van der Waals surface area (Å²) in [7, 11) is 2.05. The van der Waals surface area contributed by atoms with E-state index in [0.29, 0.717) is 17.9 Å². The number of piperidine rings is 1. The minimum atomic E-state index is 0.395. The Kier molecular flexibility index (Phi) is 5.07. The van der Waals surface area contributed by atoms with Crippen molar-refractivity contribution in [3.8, 4) is 0 Å². The summed E-state index contributed by atoms with van der Waals surface area (Å²) in [6.45, 7) is 8.86. The van der Waals surface area contributed by atoms with Gasteiger partial charge in [0.2, 0.25) is 0 Å². The molecule has 2 atom stereocenters. The van der Waals surface area contributed by atoms with Gasteiger partial charge in [0.1, 0.15) is 12.2 Å². The number of hydrogen-bond donors (Lipinski definition) is 2. The fourth-order valence-corrected chi connectivity index (χ4v) is 4.50. The molecule has 0 saturated carbocycles. The first-order valence-corrected chi connectivity index (χ1v) is 9.73. The summed E-state index contributed by atoms with van der Waals surface area (Å²) in [5.74, 6) is 2.29. The first-order chi connectivity index (χ1) is 12.6. The first kappa shape index (κ1) is 17.6. The smallest absolute Gasteiger partial charge is 0.135 e. The molecule has 0 spiro atoms. The van der Waals surface area contributed by atoms with Gasteiger partial charge in [0.05, 0.1) is 6.04 Å². The van der Waals surface area contributed by atoms with Crippen LogP contribution in [0, 0.1) is 19.8 Å². The molecule has 6 heteroatoms. The molecular weight excluding hydrogens is 324 g/mol. The Balaban J connectivity index is 1.38. The normalized spacial score (nSPS) is 25.0. The zero-order valence-corrected chi connectivity index (χ0v) is 16.1. The summed E-state index contributed by atoms with van der Waals surface area (Å²) in [6, 6.07) is 7.18. The Hall–Kier alpha value is -1.76. The molecule has 2 N–H and O–H groups in total. The molecule has 2 fully saturated rings. The molecule has 0 amide bonds. The Morgan fingerprint density at radius 1 is 1.19 bits per heavy atom. The molecule has 0 aliphatic carbocycles. The third-order valence-electron chi connectivity index (χ3n) is 6.05. The van der Waals surface area contributed by atoms with Crippen molar-refractivity contribution in [3.63, 3.8) is 0 Å². The second-order valence-electron chi connectivity index (χ2n) is 8.00. The van der Waals surface area contributed by atoms with Crippen LogP contribution in [-0.2, 0) is 7.05 Å². The van der Waals surface area contributed by atoms with Crippen molar-refractivity contribution in [1.82, 2.24) is 30.5 Å². The monoisotopic (exact) mass is 354 g/mol. The van der Waals surface area contributed by atoms with E-state index in [1.165, 1.54) is 29.5 Å². The SMILES string of the molecule is Cc1ccc(C)c(C2NNCC2CN2CCC(c3nncn3C)CC2)c1. The maximum atomic E-state index is 4.31. The number of hydrazine groups is 1. The Morgan fingerprint density at radius 3 is 2.73 bits per heavy atom. The standard InChI is InChI=1S/C20H30N6/c1-14-4-5-15(2)18(10-14)19-17(11-21-23-19)12-26-8-6-16(7-9-26)20-24-22-13-25(20)3/h4-5,10,13,16-17,19,21,23H,6-9,11-12H2,1-3H3. The lowest BCUT2D eigenvalue weighted by atomic mass is 9.89. The summed E-state index contributed by atoms with van der Waals surface area (Å²) >= 11 is 0. The van der Waals surface area contributed by atoms with Crippen LogP contribution in [0.4, 0.5) is 0 Å². The van der Waals surface area contributed by atoms with Gasteiger partial charge in [0.15, 0.2) is 0 Å². The van der Waals surface area contributed by atoms with E-state index >= 15 is 0 Å². The summed E-state index contributed by atoms with van der Waals surface area (Å²) in [4.78, 5) is 2.63. The molecule has 4 rings (SSSR count). The van der Waals surface area contributed by atoms with E-state index < -0.39 is 0 Å². The average Bonchev–Trinajstić information content (AvgIpc) is 3.27. The van der Waals surface area contributed by atoms with Gasteiger partial charge in [-0.05, 0) is 50.9 Å². The lowest BCUT2D eigenvalue weighted by Crippen LogP contribution is -2.39. The van der Waals surface area contributed by atoms with E-state index in [9.17, 15) is 0 Å². The van der Waals surface area contributed by atoms with Crippen molar-refractivity contribution in [2.75, 3.05) is 26.2 Å². The van der Waals surface area contributed by atoms with E-state index in [1.54, 1.807) is 0 Å². The summed E-state index contributed by atoms with van der Waals surface area (Å²) in [5, 5.41) is 8.35. The van der Waals surface area contributed by atoms with Gasteiger partial charge in [-0.3, -0.25) is 5.43 Å². The van der Waals surface area contributed by atoms with Crippen LogP contribution in [0.5, 0.6) is 0 Å². The molecule has 2 aromatic rings. The van der Waals surface area contributed by atoms with Crippen molar-refractivity contribution in [2.24, 2.45) is 13.0 Å². The third-order valence-corrected chi connectivity index (χ3v) is 6.05. The molecule has 1 aromatic heterocycles. The van der Waals surface area contributed by atoms with Crippen molar-refractivity contribution in [3.05, 3.63) is 47.0 Å². The van der Waals surface area contributed by atoms with Crippen LogP contribution in [0.3, 0.4) is 0 Å². The van der Waals surface area contributed by atoms with Gasteiger partial charge in [-0.15, -0.1) is 10.2 Å². The van der Waals surface area contributed by atoms with Crippen molar-refractivity contribution in [2.45, 2.75) is 38.6 Å². The Bertz CT molecular complexity index is 747. The fourth-order valence-electron chi connectivity index (χ4n) is 4.50. The van der Waals surface area contributed by atoms with Crippen LogP contribution in [0.2, 0.25) is 0 Å². The predicted octanol–water partition coefficient (Wildman–Crippen LogP) is 2.08. The summed E-state index contributed by atoms with van der Waals surface area (Å²) in [5.41, 5.74) is 11.1. The molecule has 2 aliphatic heterocycles. The minimum Gasteiger partial charge on any atom is -0.320 e. The molecule has 1 aromatic carbocycles. The highest BCUT2D eigenvalue weighted by atomic mass is 15.4. The maximum Gasteiger partial charge on any atom is 0.135 e. The van der Waals surface area contributed by atoms with E-state index in [-0.39, 0.29) is 0 Å². The Morgan fingerprint density at radius 2 is 2.00 bits per heavy atom. The second-order valence-corrected chi connectivity index (χ2v) is 8.00. The highest BCUT2D eigenvalue weighted by Crippen LogP contribution is 2.31. The molecule has 3 heterocycles. The molecule has 2 unspecified atom stereocenters. The predicted molar refractivity (Wildman–Crippen MR) is 103 cm³/mol. The van der Waals surface area contributed by atoms with E-state index in [1.807, 2.05) is 13.4 Å². The molecule has 0 radical (unpaired) electrons. The lowest BCUT2D eigenvalue weighted by molar-refractivity contribution is 0.177. The number of aromatic nitrogens is 3. The number of hydrogen-bond acceptors (Lipinski definition) is 5. The number of nitrogens with one attached hydrogen (secondary N) is 2. The largest absolute Gasteiger partial charge is 0.320 e. The van der Waals surface area contributed by atoms with Crippen LogP contribution in [0.25, 0.3) is 0 Å². The first-order valence-electron chi connectivity index (χ1n) is 9.73. The van der Waals surface area contributed by atoms with Crippen LogP contribution < -0.4 is 10.9 Å². The van der Waals surface area contributed by atoms with E-state index in [0.717, 1.165) is 32.0 Å². The highest BCUT2D eigenvalue weighted by molar-refractivity contribution is 5.34. The zero-order chi connectivity index (χ0) is 18.1. The van der Waals surface area contributed by atoms with Crippen LogP contribution in [-0.4, -0.2) is 45.8 Å². The number of likely N-dealkylation sites (tertiary alicyclic amines) is 1. The molecular formula is C20H30N6. The van der Waals surface area contributed by atoms with E-state index in [4.69, 9.17) is 0 Å². The highest BCUT2D eigenvalue weighted by Gasteiger charge is 2.32. The minimum absolute atomic E-state index is 0.395. The van der Waals surface area contributed by atoms with Gasteiger partial charge in [0, 0.05) is 32.0 Å². The number of benzene rings is 1. The van der Waals surface area contributed by atoms with Crippen LogP contribution in [0.1, 0.15) is 47.3 Å².